The minimum atomic E-state index is -0.604. The summed E-state index contributed by atoms with van der Waals surface area (Å²) in [7, 11) is 0. The number of aliphatic carboxylic acids is 1. The van der Waals surface area contributed by atoms with Crippen LogP contribution >= 0.6 is 0 Å². The van der Waals surface area contributed by atoms with Gasteiger partial charge in [-0.1, -0.05) is 24.3 Å². The van der Waals surface area contributed by atoms with Crippen molar-refractivity contribution in [3.05, 3.63) is 35.4 Å². The van der Waals surface area contributed by atoms with Crippen LogP contribution in [0.1, 0.15) is 11.1 Å². The molecule has 0 aromatic heterocycles. The maximum absolute atomic E-state index is 10.9. The lowest BCUT2D eigenvalue weighted by atomic mass is 9.92. The first-order chi connectivity index (χ1) is 6.77. The van der Waals surface area contributed by atoms with E-state index >= 15 is 0 Å². The molecule has 1 fully saturated rings. The first-order valence-electron chi connectivity index (χ1n) is 5.07. The molecule has 3 atom stereocenters. The highest BCUT2D eigenvalue weighted by molar-refractivity contribution is 5.75. The molecule has 0 saturated heterocycles. The van der Waals surface area contributed by atoms with Gasteiger partial charge in [-0.2, -0.15) is 0 Å². The molecule has 2 aliphatic rings. The molecular weight excluding hydrogens is 176 g/mol. The Labute approximate surface area is 82.6 Å². The van der Waals surface area contributed by atoms with Crippen molar-refractivity contribution in [3.8, 4) is 0 Å². The Hall–Kier alpha value is -1.31. The minimum absolute atomic E-state index is 0.0672. The summed E-state index contributed by atoms with van der Waals surface area (Å²) in [5, 5.41) is 8.96. The van der Waals surface area contributed by atoms with Gasteiger partial charge >= 0.3 is 5.97 Å². The number of benzene rings is 1. The molecule has 0 amide bonds. The van der Waals surface area contributed by atoms with E-state index in [0.717, 1.165) is 12.8 Å². The van der Waals surface area contributed by atoms with Crippen molar-refractivity contribution in [3.63, 3.8) is 0 Å². The van der Waals surface area contributed by atoms with Crippen LogP contribution in [0.4, 0.5) is 0 Å². The number of carboxylic acids is 1. The minimum Gasteiger partial charge on any atom is -0.481 e. The van der Waals surface area contributed by atoms with E-state index in [0.29, 0.717) is 11.8 Å². The molecule has 2 heteroatoms. The maximum atomic E-state index is 10.9. The molecule has 1 unspecified atom stereocenters. The Morgan fingerprint density at radius 3 is 2.07 bits per heavy atom. The predicted octanol–water partition coefficient (Wildman–Crippen LogP) is 1.73. The van der Waals surface area contributed by atoms with Crippen molar-refractivity contribution in [1.82, 2.24) is 0 Å². The van der Waals surface area contributed by atoms with Crippen LogP contribution in [0.15, 0.2) is 24.3 Å². The smallest absolute Gasteiger partial charge is 0.307 e. The van der Waals surface area contributed by atoms with Gasteiger partial charge in [-0.15, -0.1) is 0 Å². The molecule has 1 aromatic carbocycles. The molecule has 72 valence electrons. The number of hydrogen-bond acceptors (Lipinski definition) is 1. The van der Waals surface area contributed by atoms with E-state index in [-0.39, 0.29) is 5.92 Å². The second-order valence-corrected chi connectivity index (χ2v) is 4.37. The molecule has 0 radical (unpaired) electrons. The van der Waals surface area contributed by atoms with Gasteiger partial charge in [-0.05, 0) is 35.8 Å². The van der Waals surface area contributed by atoms with Crippen LogP contribution in [0.3, 0.4) is 0 Å². The summed E-state index contributed by atoms with van der Waals surface area (Å²) >= 11 is 0. The molecule has 1 N–H and O–H groups in total. The third-order valence-electron chi connectivity index (χ3n) is 3.65. The fourth-order valence-electron chi connectivity index (χ4n) is 2.83. The normalized spacial score (nSPS) is 33.0. The molecule has 14 heavy (non-hydrogen) atoms. The maximum Gasteiger partial charge on any atom is 0.307 e. The van der Waals surface area contributed by atoms with E-state index in [1.807, 2.05) is 12.1 Å². The molecular formula is C12H12O2. The number of carbonyl (C=O) groups is 1. The Balaban J connectivity index is 1.90. The third kappa shape index (κ3) is 0.999. The lowest BCUT2D eigenvalue weighted by Gasteiger charge is -2.13. The molecule has 1 saturated carbocycles. The lowest BCUT2D eigenvalue weighted by molar-refractivity contribution is -0.139. The van der Waals surface area contributed by atoms with Crippen molar-refractivity contribution < 1.29 is 9.90 Å². The Morgan fingerprint density at radius 2 is 1.64 bits per heavy atom. The monoisotopic (exact) mass is 188 g/mol. The SMILES string of the molecule is O=C(O)C1[C@H]2Cc3ccccc3C[C@@H]12. The van der Waals surface area contributed by atoms with Gasteiger partial charge in [0.05, 0.1) is 5.92 Å². The Kier molecular flexibility index (Phi) is 1.49. The first kappa shape index (κ1) is 8.04. The van der Waals surface area contributed by atoms with E-state index in [1.54, 1.807) is 0 Å². The van der Waals surface area contributed by atoms with Gasteiger partial charge in [0.25, 0.3) is 0 Å². The van der Waals surface area contributed by atoms with Crippen molar-refractivity contribution in [2.24, 2.45) is 17.8 Å². The predicted molar refractivity (Wildman–Crippen MR) is 52.0 cm³/mol. The summed E-state index contributed by atoms with van der Waals surface area (Å²) in [6.45, 7) is 0. The Morgan fingerprint density at radius 1 is 1.14 bits per heavy atom. The fraction of sp³-hybridized carbons (Fsp3) is 0.417. The van der Waals surface area contributed by atoms with Gasteiger partial charge in [-0.25, -0.2) is 0 Å². The summed E-state index contributed by atoms with van der Waals surface area (Å²) in [5.41, 5.74) is 2.72. The summed E-state index contributed by atoms with van der Waals surface area (Å²) in [4.78, 5) is 10.9. The summed E-state index contributed by atoms with van der Waals surface area (Å²) in [6.07, 6.45) is 1.94. The third-order valence-corrected chi connectivity index (χ3v) is 3.65. The van der Waals surface area contributed by atoms with Gasteiger partial charge in [0, 0.05) is 0 Å². The number of carboxylic acid groups (broad SMARTS) is 1. The number of fused-ring (bicyclic) bond motifs is 2. The summed E-state index contributed by atoms with van der Waals surface area (Å²) in [6, 6.07) is 8.33. The van der Waals surface area contributed by atoms with Crippen molar-refractivity contribution in [1.29, 1.82) is 0 Å². The van der Waals surface area contributed by atoms with Gasteiger partial charge in [0.2, 0.25) is 0 Å². The highest BCUT2D eigenvalue weighted by Crippen LogP contribution is 2.53. The molecule has 2 nitrogen and oxygen atoms in total. The van der Waals surface area contributed by atoms with E-state index in [4.69, 9.17) is 5.11 Å². The largest absolute Gasteiger partial charge is 0.481 e. The van der Waals surface area contributed by atoms with Crippen LogP contribution < -0.4 is 0 Å². The van der Waals surface area contributed by atoms with Crippen molar-refractivity contribution in [2.45, 2.75) is 12.8 Å². The summed E-state index contributed by atoms with van der Waals surface area (Å²) < 4.78 is 0. The molecule has 0 bridgehead atoms. The zero-order valence-corrected chi connectivity index (χ0v) is 7.81. The fourth-order valence-corrected chi connectivity index (χ4v) is 2.83. The molecule has 2 aliphatic carbocycles. The highest BCUT2D eigenvalue weighted by Gasteiger charge is 2.56. The van der Waals surface area contributed by atoms with E-state index in [2.05, 4.69) is 12.1 Å². The van der Waals surface area contributed by atoms with Crippen LogP contribution in [0.5, 0.6) is 0 Å². The molecule has 1 aromatic rings. The zero-order valence-electron chi connectivity index (χ0n) is 7.81. The van der Waals surface area contributed by atoms with Crippen LogP contribution in [0.25, 0.3) is 0 Å². The molecule has 0 heterocycles. The van der Waals surface area contributed by atoms with Gasteiger partial charge < -0.3 is 5.11 Å². The highest BCUT2D eigenvalue weighted by atomic mass is 16.4. The lowest BCUT2D eigenvalue weighted by Crippen LogP contribution is -2.04. The molecule has 3 rings (SSSR count). The second kappa shape index (κ2) is 2.59. The van der Waals surface area contributed by atoms with Gasteiger partial charge in [-0.3, -0.25) is 4.79 Å². The topological polar surface area (TPSA) is 37.3 Å². The molecule has 0 spiro atoms. The number of rotatable bonds is 1. The number of hydrogen-bond donors (Lipinski definition) is 1. The van der Waals surface area contributed by atoms with Crippen molar-refractivity contribution in [2.75, 3.05) is 0 Å². The average molecular weight is 188 g/mol. The first-order valence-corrected chi connectivity index (χ1v) is 5.07. The van der Waals surface area contributed by atoms with Crippen LogP contribution in [0, 0.1) is 17.8 Å². The van der Waals surface area contributed by atoms with Crippen LogP contribution in [0.2, 0.25) is 0 Å². The average Bonchev–Trinajstić information content (AvgIpc) is 2.86. The van der Waals surface area contributed by atoms with Crippen LogP contribution in [-0.2, 0) is 17.6 Å². The second-order valence-electron chi connectivity index (χ2n) is 4.37. The van der Waals surface area contributed by atoms with E-state index in [9.17, 15) is 4.79 Å². The summed E-state index contributed by atoms with van der Waals surface area (Å²) in [5.74, 6) is 0.167. The molecule has 0 aliphatic heterocycles. The van der Waals surface area contributed by atoms with Crippen molar-refractivity contribution >= 4 is 5.97 Å². The van der Waals surface area contributed by atoms with Gasteiger partial charge in [0.15, 0.2) is 0 Å². The Bertz CT molecular complexity index is 366. The zero-order chi connectivity index (χ0) is 9.71. The quantitative estimate of drug-likeness (QED) is 0.728. The van der Waals surface area contributed by atoms with Gasteiger partial charge in [0.1, 0.15) is 0 Å². The van der Waals surface area contributed by atoms with E-state index < -0.39 is 5.97 Å². The van der Waals surface area contributed by atoms with E-state index in [1.165, 1.54) is 11.1 Å². The standard InChI is InChI=1S/C12H12O2/c13-12(14)11-9-5-7-3-1-2-4-8(7)6-10(9)11/h1-4,9-11H,5-6H2,(H,13,14)/t9-,10+,11?. The van der Waals surface area contributed by atoms with Crippen LogP contribution in [-0.4, -0.2) is 11.1 Å².